The van der Waals surface area contributed by atoms with Gasteiger partial charge in [-0.2, -0.15) is 26.3 Å². The third kappa shape index (κ3) is 8.90. The van der Waals surface area contributed by atoms with Gasteiger partial charge in [-0.05, 0) is 31.3 Å². The van der Waals surface area contributed by atoms with E-state index in [-0.39, 0.29) is 22.3 Å². The number of nitrogens with one attached hydrogen (secondary N) is 2. The van der Waals surface area contributed by atoms with E-state index >= 15 is 0 Å². The van der Waals surface area contributed by atoms with Crippen molar-refractivity contribution in [3.05, 3.63) is 48.0 Å². The van der Waals surface area contributed by atoms with E-state index in [4.69, 9.17) is 12.2 Å². The van der Waals surface area contributed by atoms with E-state index in [1.54, 1.807) is 12.1 Å². The van der Waals surface area contributed by atoms with E-state index < -0.39 is 25.6 Å². The van der Waals surface area contributed by atoms with E-state index in [2.05, 4.69) is 20.1 Å². The van der Waals surface area contributed by atoms with E-state index in [9.17, 15) is 26.3 Å². The summed E-state index contributed by atoms with van der Waals surface area (Å²) in [6.07, 6.45) is -9.22. The fraction of sp³-hybridized carbons (Fsp3) is 0.278. The maximum Gasteiger partial charge on any atom is 0.422 e. The maximum absolute atomic E-state index is 12.4. The molecule has 2 aromatic carbocycles. The van der Waals surface area contributed by atoms with Crippen LogP contribution in [0, 0.1) is 6.92 Å². The highest BCUT2D eigenvalue weighted by Crippen LogP contribution is 2.29. The molecule has 2 N–H and O–H groups in total. The van der Waals surface area contributed by atoms with Crippen LogP contribution in [0.5, 0.6) is 11.5 Å². The molecular weight excluding hydrogens is 422 g/mol. The first-order chi connectivity index (χ1) is 13.4. The second-order valence-corrected chi connectivity index (χ2v) is 6.35. The summed E-state index contributed by atoms with van der Waals surface area (Å²) in [5.74, 6) is -0.662. The minimum Gasteiger partial charge on any atom is -0.484 e. The van der Waals surface area contributed by atoms with Gasteiger partial charge in [0.05, 0.1) is 0 Å². The van der Waals surface area contributed by atoms with Crippen molar-refractivity contribution in [2.45, 2.75) is 19.3 Å². The van der Waals surface area contributed by atoms with Crippen LogP contribution in [0.3, 0.4) is 0 Å². The highest BCUT2D eigenvalue weighted by molar-refractivity contribution is 7.80. The van der Waals surface area contributed by atoms with Gasteiger partial charge >= 0.3 is 12.4 Å². The zero-order chi connectivity index (χ0) is 21.7. The van der Waals surface area contributed by atoms with Crippen molar-refractivity contribution in [3.63, 3.8) is 0 Å². The molecule has 2 rings (SSSR count). The summed E-state index contributed by atoms with van der Waals surface area (Å²) < 4.78 is 83.5. The van der Waals surface area contributed by atoms with Gasteiger partial charge in [-0.25, -0.2) is 0 Å². The number of hydrogen-bond acceptors (Lipinski definition) is 3. The molecule has 0 spiro atoms. The van der Waals surface area contributed by atoms with Crippen LogP contribution in [0.25, 0.3) is 0 Å². The first-order valence-electron chi connectivity index (χ1n) is 8.08. The van der Waals surface area contributed by atoms with Crippen LogP contribution in [0.2, 0.25) is 0 Å². The van der Waals surface area contributed by atoms with Crippen molar-refractivity contribution in [2.24, 2.45) is 0 Å². The standard InChI is InChI=1S/C18H16F6N2O2S/c1-11-2-4-12(5-3-11)25-16(29)26-13-6-14(27-9-17(19,20)21)8-15(7-13)28-10-18(22,23)24/h2-8H,9-10H2,1H3,(H2,25,26,29). The van der Waals surface area contributed by atoms with Crippen molar-refractivity contribution in [3.8, 4) is 11.5 Å². The van der Waals surface area contributed by atoms with Crippen molar-refractivity contribution < 1.29 is 35.8 Å². The molecule has 158 valence electrons. The van der Waals surface area contributed by atoms with Gasteiger partial charge in [0.1, 0.15) is 11.5 Å². The summed E-state index contributed by atoms with van der Waals surface area (Å²) in [7, 11) is 0. The molecule has 0 fully saturated rings. The summed E-state index contributed by atoms with van der Waals surface area (Å²) in [5, 5.41) is 5.60. The quantitative estimate of drug-likeness (QED) is 0.448. The van der Waals surface area contributed by atoms with Crippen molar-refractivity contribution in [1.82, 2.24) is 0 Å². The Morgan fingerprint density at radius 1 is 0.793 bits per heavy atom. The molecule has 0 aliphatic rings. The predicted molar refractivity (Wildman–Crippen MR) is 101 cm³/mol. The van der Waals surface area contributed by atoms with Crippen LogP contribution in [0.1, 0.15) is 5.56 Å². The molecule has 4 nitrogen and oxygen atoms in total. The zero-order valence-corrected chi connectivity index (χ0v) is 15.8. The largest absolute Gasteiger partial charge is 0.484 e. The average Bonchev–Trinajstić information content (AvgIpc) is 2.59. The fourth-order valence-corrected chi connectivity index (χ4v) is 2.31. The van der Waals surface area contributed by atoms with Gasteiger partial charge in [-0.3, -0.25) is 0 Å². The highest BCUT2D eigenvalue weighted by Gasteiger charge is 2.30. The first kappa shape index (κ1) is 22.6. The van der Waals surface area contributed by atoms with Gasteiger partial charge in [0.25, 0.3) is 0 Å². The summed E-state index contributed by atoms with van der Waals surface area (Å²) in [4.78, 5) is 0. The molecule has 11 heteroatoms. The smallest absolute Gasteiger partial charge is 0.422 e. The van der Waals surface area contributed by atoms with E-state index in [0.717, 1.165) is 23.8 Å². The lowest BCUT2D eigenvalue weighted by molar-refractivity contribution is -0.153. The topological polar surface area (TPSA) is 42.5 Å². The van der Waals surface area contributed by atoms with Gasteiger partial charge in [0.2, 0.25) is 0 Å². The molecule has 0 atom stereocenters. The second-order valence-electron chi connectivity index (χ2n) is 5.95. The van der Waals surface area contributed by atoms with Crippen LogP contribution < -0.4 is 20.1 Å². The first-order valence-corrected chi connectivity index (χ1v) is 8.49. The Hall–Kier alpha value is -2.69. The molecule has 0 aliphatic heterocycles. The van der Waals surface area contributed by atoms with Crippen molar-refractivity contribution >= 4 is 28.7 Å². The van der Waals surface area contributed by atoms with E-state index in [1.807, 2.05) is 19.1 Å². The van der Waals surface area contributed by atoms with Crippen molar-refractivity contribution in [1.29, 1.82) is 0 Å². The lowest BCUT2D eigenvalue weighted by atomic mass is 10.2. The van der Waals surface area contributed by atoms with Gasteiger partial charge in [0, 0.05) is 29.6 Å². The van der Waals surface area contributed by atoms with E-state index in [1.165, 1.54) is 0 Å². The molecule has 0 aliphatic carbocycles. The number of aryl methyl sites for hydroxylation is 1. The summed E-state index contributed by atoms with van der Waals surface area (Å²) in [6, 6.07) is 10.4. The van der Waals surface area contributed by atoms with Crippen molar-refractivity contribution in [2.75, 3.05) is 23.8 Å². The normalized spacial score (nSPS) is 11.7. The Morgan fingerprint density at radius 3 is 1.69 bits per heavy atom. The number of halogens is 6. The fourth-order valence-electron chi connectivity index (χ4n) is 2.07. The maximum atomic E-state index is 12.4. The Morgan fingerprint density at radius 2 is 1.24 bits per heavy atom. The molecule has 0 bridgehead atoms. The second kappa shape index (κ2) is 9.21. The van der Waals surface area contributed by atoms with E-state index in [0.29, 0.717) is 5.69 Å². The number of ether oxygens (including phenoxy) is 2. The van der Waals surface area contributed by atoms with Gasteiger partial charge in [-0.1, -0.05) is 17.7 Å². The molecule has 0 amide bonds. The van der Waals surface area contributed by atoms with Crippen LogP contribution in [-0.2, 0) is 0 Å². The van der Waals surface area contributed by atoms with Gasteiger partial charge in [0.15, 0.2) is 18.3 Å². The number of alkyl halides is 6. The summed E-state index contributed by atoms with van der Waals surface area (Å²) in [6.45, 7) is -1.32. The van der Waals surface area contributed by atoms with Gasteiger partial charge in [-0.15, -0.1) is 0 Å². The van der Waals surface area contributed by atoms with Crippen LogP contribution in [-0.4, -0.2) is 30.7 Å². The Kier molecular flexibility index (Phi) is 7.17. The summed E-state index contributed by atoms with van der Waals surface area (Å²) >= 11 is 5.12. The van der Waals surface area contributed by atoms with Crippen LogP contribution in [0.15, 0.2) is 42.5 Å². The number of thiocarbonyl (C=S) groups is 1. The molecule has 0 saturated heterocycles. The average molecular weight is 438 g/mol. The Labute approximate surface area is 167 Å². The number of hydrogen-bond donors (Lipinski definition) is 2. The lowest BCUT2D eigenvalue weighted by Crippen LogP contribution is -2.21. The predicted octanol–water partition coefficient (Wildman–Crippen LogP) is 5.69. The molecule has 29 heavy (non-hydrogen) atoms. The lowest BCUT2D eigenvalue weighted by Gasteiger charge is -2.16. The molecule has 0 radical (unpaired) electrons. The highest BCUT2D eigenvalue weighted by atomic mass is 32.1. The zero-order valence-electron chi connectivity index (χ0n) is 14.9. The molecule has 0 saturated carbocycles. The van der Waals surface area contributed by atoms with Gasteiger partial charge < -0.3 is 20.1 Å². The SMILES string of the molecule is Cc1ccc(NC(=S)Nc2cc(OCC(F)(F)F)cc(OCC(F)(F)F)c2)cc1. The number of benzene rings is 2. The van der Waals surface area contributed by atoms with Crippen LogP contribution >= 0.6 is 12.2 Å². The molecule has 2 aromatic rings. The third-order valence-corrected chi connectivity index (χ3v) is 3.46. The molecule has 0 heterocycles. The summed E-state index contributed by atoms with van der Waals surface area (Å²) in [5.41, 5.74) is 1.76. The Balaban J connectivity index is 2.14. The molecule has 0 unspecified atom stereocenters. The minimum absolute atomic E-state index is 0.0728. The minimum atomic E-state index is -4.61. The third-order valence-electron chi connectivity index (χ3n) is 3.25. The Bertz CT molecular complexity index is 801. The molecule has 0 aromatic heterocycles. The number of rotatable bonds is 6. The van der Waals surface area contributed by atoms with Crippen LogP contribution in [0.4, 0.5) is 37.7 Å². The molecular formula is C18H16F6N2O2S. The number of anilines is 2. The monoisotopic (exact) mass is 438 g/mol.